The molecule has 1 saturated heterocycles. The van der Waals surface area contributed by atoms with Gasteiger partial charge in [-0.3, -0.25) is 4.79 Å². The van der Waals surface area contributed by atoms with E-state index in [9.17, 15) is 13.2 Å². The van der Waals surface area contributed by atoms with Gasteiger partial charge in [0.05, 0.1) is 11.0 Å². The van der Waals surface area contributed by atoms with E-state index in [2.05, 4.69) is 6.58 Å². The first-order valence-corrected chi connectivity index (χ1v) is 6.92. The summed E-state index contributed by atoms with van der Waals surface area (Å²) in [6.45, 7) is 3.77. The molecule has 4 nitrogen and oxygen atoms in total. The Hall–Kier alpha value is -0.840. The van der Waals surface area contributed by atoms with E-state index in [1.54, 1.807) is 4.90 Å². The van der Waals surface area contributed by atoms with Gasteiger partial charge in [-0.05, 0) is 25.3 Å². The lowest BCUT2D eigenvalue weighted by atomic mass is 10.2. The first-order chi connectivity index (χ1) is 7.06. The van der Waals surface area contributed by atoms with Gasteiger partial charge in [-0.2, -0.15) is 0 Å². The van der Waals surface area contributed by atoms with E-state index in [4.69, 9.17) is 0 Å². The first kappa shape index (κ1) is 10.7. The van der Waals surface area contributed by atoms with Crippen LogP contribution in [0.15, 0.2) is 12.7 Å². The summed E-state index contributed by atoms with van der Waals surface area (Å²) in [6, 6.07) is -0.103. The van der Waals surface area contributed by atoms with Crippen molar-refractivity contribution in [2.75, 3.05) is 12.3 Å². The van der Waals surface area contributed by atoms with E-state index in [0.717, 1.165) is 12.8 Å². The highest BCUT2D eigenvalue weighted by Gasteiger charge is 2.45. The zero-order valence-corrected chi connectivity index (χ0v) is 9.37. The molecule has 1 saturated carbocycles. The molecule has 5 heteroatoms. The molecule has 0 bridgehead atoms. The number of carbonyl (C=O) groups is 1. The predicted octanol–water partition coefficient (Wildman–Crippen LogP) is 0.350. The normalized spacial score (nSPS) is 33.5. The van der Waals surface area contributed by atoms with Gasteiger partial charge in [-0.15, -0.1) is 0 Å². The Morgan fingerprint density at radius 2 is 2.13 bits per heavy atom. The molecule has 0 aromatic rings. The molecule has 0 spiro atoms. The molecule has 1 aliphatic carbocycles. The van der Waals surface area contributed by atoms with Crippen LogP contribution in [0.3, 0.4) is 0 Å². The summed E-state index contributed by atoms with van der Waals surface area (Å²) < 4.78 is 23.5. The first-order valence-electron chi connectivity index (χ1n) is 5.21. The molecule has 15 heavy (non-hydrogen) atoms. The lowest BCUT2D eigenvalue weighted by molar-refractivity contribution is -0.128. The maximum atomic E-state index is 11.8. The van der Waals surface area contributed by atoms with Crippen LogP contribution in [0.25, 0.3) is 0 Å². The number of sulfone groups is 1. The van der Waals surface area contributed by atoms with Crippen LogP contribution in [0.2, 0.25) is 0 Å². The summed E-state index contributed by atoms with van der Waals surface area (Å²) >= 11 is 0. The van der Waals surface area contributed by atoms with Gasteiger partial charge < -0.3 is 4.90 Å². The number of fused-ring (bicyclic) bond motifs is 1. The molecule has 2 rings (SSSR count). The average molecular weight is 229 g/mol. The smallest absolute Gasteiger partial charge is 0.246 e. The van der Waals surface area contributed by atoms with E-state index in [-0.39, 0.29) is 23.0 Å². The van der Waals surface area contributed by atoms with Crippen LogP contribution in [-0.4, -0.2) is 42.8 Å². The van der Waals surface area contributed by atoms with Gasteiger partial charge in [0.2, 0.25) is 5.91 Å². The van der Waals surface area contributed by atoms with E-state index in [1.807, 2.05) is 0 Å². The zero-order valence-electron chi connectivity index (χ0n) is 8.55. The van der Waals surface area contributed by atoms with Crippen molar-refractivity contribution in [2.24, 2.45) is 0 Å². The van der Waals surface area contributed by atoms with Crippen molar-refractivity contribution >= 4 is 15.7 Å². The molecule has 1 amide bonds. The fourth-order valence-corrected chi connectivity index (χ4v) is 4.66. The van der Waals surface area contributed by atoms with E-state index in [1.165, 1.54) is 6.08 Å². The Morgan fingerprint density at radius 1 is 1.40 bits per heavy atom. The fourth-order valence-electron chi connectivity index (χ4n) is 2.62. The SMILES string of the molecule is C=CC(=O)N1CCS(=O)(=O)C2CCCC21. The zero-order chi connectivity index (χ0) is 11.1. The lowest BCUT2D eigenvalue weighted by Crippen LogP contribution is -2.53. The Labute approximate surface area is 89.9 Å². The molecular formula is C10H15NO3S. The Bertz CT molecular complexity index is 387. The summed E-state index contributed by atoms with van der Waals surface area (Å²) in [7, 11) is -2.96. The third-order valence-corrected chi connectivity index (χ3v) is 5.58. The molecule has 0 N–H and O–H groups in total. The second kappa shape index (κ2) is 3.63. The number of amides is 1. The standard InChI is InChI=1S/C10H15NO3S/c1-2-10(12)11-6-7-15(13,14)9-5-3-4-8(9)11/h2,8-9H,1,3-7H2. The van der Waals surface area contributed by atoms with Gasteiger partial charge >= 0.3 is 0 Å². The summed E-state index contributed by atoms with van der Waals surface area (Å²) in [5.41, 5.74) is 0. The highest BCUT2D eigenvalue weighted by molar-refractivity contribution is 7.92. The molecule has 0 radical (unpaired) electrons. The van der Waals surface area contributed by atoms with E-state index in [0.29, 0.717) is 13.0 Å². The number of rotatable bonds is 1. The van der Waals surface area contributed by atoms with Crippen LogP contribution in [0.5, 0.6) is 0 Å². The molecule has 1 aliphatic heterocycles. The molecule has 84 valence electrons. The molecule has 1 heterocycles. The molecule has 2 unspecified atom stereocenters. The van der Waals surface area contributed by atoms with Crippen LogP contribution in [0, 0.1) is 0 Å². The topological polar surface area (TPSA) is 54.5 Å². The van der Waals surface area contributed by atoms with Crippen molar-refractivity contribution in [1.82, 2.24) is 4.90 Å². The molecule has 2 fully saturated rings. The van der Waals surface area contributed by atoms with Gasteiger partial charge in [0.25, 0.3) is 0 Å². The van der Waals surface area contributed by atoms with Gasteiger partial charge in [-0.1, -0.05) is 6.58 Å². The minimum atomic E-state index is -2.96. The maximum Gasteiger partial charge on any atom is 0.246 e. The largest absolute Gasteiger partial charge is 0.334 e. The number of carbonyl (C=O) groups excluding carboxylic acids is 1. The third kappa shape index (κ3) is 1.69. The highest BCUT2D eigenvalue weighted by atomic mass is 32.2. The predicted molar refractivity (Wildman–Crippen MR) is 57.1 cm³/mol. The lowest BCUT2D eigenvalue weighted by Gasteiger charge is -2.36. The minimum absolute atomic E-state index is 0.103. The molecule has 0 aromatic heterocycles. The van der Waals surface area contributed by atoms with Crippen LogP contribution in [0.4, 0.5) is 0 Å². The summed E-state index contributed by atoms with van der Waals surface area (Å²) in [5, 5.41) is -0.324. The van der Waals surface area contributed by atoms with Crippen molar-refractivity contribution in [1.29, 1.82) is 0 Å². The average Bonchev–Trinajstić information content (AvgIpc) is 2.67. The Kier molecular flexibility index (Phi) is 2.58. The van der Waals surface area contributed by atoms with Crippen LogP contribution < -0.4 is 0 Å². The van der Waals surface area contributed by atoms with Gasteiger partial charge in [-0.25, -0.2) is 8.42 Å². The maximum absolute atomic E-state index is 11.8. The van der Waals surface area contributed by atoms with Gasteiger partial charge in [0.15, 0.2) is 9.84 Å². The quantitative estimate of drug-likeness (QED) is 0.610. The van der Waals surface area contributed by atoms with Crippen molar-refractivity contribution < 1.29 is 13.2 Å². The summed E-state index contributed by atoms with van der Waals surface area (Å²) in [6.07, 6.45) is 3.68. The van der Waals surface area contributed by atoms with Crippen molar-refractivity contribution in [2.45, 2.75) is 30.6 Å². The van der Waals surface area contributed by atoms with Gasteiger partial charge in [0, 0.05) is 12.6 Å². The molecule has 2 atom stereocenters. The second-order valence-electron chi connectivity index (χ2n) is 4.14. The number of nitrogens with zero attached hydrogens (tertiary/aromatic N) is 1. The highest BCUT2D eigenvalue weighted by Crippen LogP contribution is 2.33. The van der Waals surface area contributed by atoms with E-state index >= 15 is 0 Å². The van der Waals surface area contributed by atoms with Crippen LogP contribution >= 0.6 is 0 Å². The third-order valence-electron chi connectivity index (χ3n) is 3.35. The monoisotopic (exact) mass is 229 g/mol. The fraction of sp³-hybridized carbons (Fsp3) is 0.700. The second-order valence-corrected chi connectivity index (χ2v) is 6.48. The Morgan fingerprint density at radius 3 is 2.80 bits per heavy atom. The van der Waals surface area contributed by atoms with Gasteiger partial charge in [0.1, 0.15) is 0 Å². The molecule has 2 aliphatic rings. The minimum Gasteiger partial charge on any atom is -0.334 e. The molecule has 0 aromatic carbocycles. The van der Waals surface area contributed by atoms with Crippen molar-refractivity contribution in [3.63, 3.8) is 0 Å². The summed E-state index contributed by atoms with van der Waals surface area (Å²) in [5.74, 6) is -0.0323. The van der Waals surface area contributed by atoms with Crippen LogP contribution in [0.1, 0.15) is 19.3 Å². The number of hydrogen-bond donors (Lipinski definition) is 0. The Balaban J connectivity index is 2.27. The summed E-state index contributed by atoms with van der Waals surface area (Å²) in [4.78, 5) is 13.2. The van der Waals surface area contributed by atoms with E-state index < -0.39 is 9.84 Å². The number of hydrogen-bond acceptors (Lipinski definition) is 3. The molecular weight excluding hydrogens is 214 g/mol. The van der Waals surface area contributed by atoms with Crippen LogP contribution in [-0.2, 0) is 14.6 Å². The van der Waals surface area contributed by atoms with Crippen molar-refractivity contribution in [3.8, 4) is 0 Å². The van der Waals surface area contributed by atoms with Crippen molar-refractivity contribution in [3.05, 3.63) is 12.7 Å².